The second-order valence-electron chi connectivity index (χ2n) is 3.01. The summed E-state index contributed by atoms with van der Waals surface area (Å²) in [5, 5.41) is 0. The molecular formula is C9H13NO3S. The number of rotatable bonds is 4. The number of nitrogens with one attached hydrogen (secondary N) is 1. The summed E-state index contributed by atoms with van der Waals surface area (Å²) in [6.07, 6.45) is 0.0325. The molecule has 1 unspecified atom stereocenters. The SMILES string of the molecule is CC(C)Oc1ccccc1NS(=O)O. The molecule has 0 aliphatic heterocycles. The van der Waals surface area contributed by atoms with Gasteiger partial charge in [0, 0.05) is 0 Å². The predicted octanol–water partition coefficient (Wildman–Crippen LogP) is 2.02. The van der Waals surface area contributed by atoms with Gasteiger partial charge in [-0.2, -0.15) is 0 Å². The number of ether oxygens (including phenoxy) is 1. The zero-order valence-corrected chi connectivity index (χ0v) is 8.88. The summed E-state index contributed by atoms with van der Waals surface area (Å²) in [4.78, 5) is 0. The second-order valence-corrected chi connectivity index (χ2v) is 3.72. The van der Waals surface area contributed by atoms with Crippen LogP contribution in [-0.2, 0) is 11.3 Å². The van der Waals surface area contributed by atoms with Crippen molar-refractivity contribution in [3.05, 3.63) is 24.3 Å². The molecule has 0 bridgehead atoms. The van der Waals surface area contributed by atoms with Crippen molar-refractivity contribution in [1.29, 1.82) is 0 Å². The van der Waals surface area contributed by atoms with Crippen molar-refractivity contribution in [2.45, 2.75) is 20.0 Å². The number of para-hydroxylation sites is 2. The molecule has 5 heteroatoms. The van der Waals surface area contributed by atoms with Crippen LogP contribution >= 0.6 is 0 Å². The van der Waals surface area contributed by atoms with Gasteiger partial charge in [-0.15, -0.1) is 0 Å². The van der Waals surface area contributed by atoms with Crippen LogP contribution in [-0.4, -0.2) is 14.9 Å². The molecule has 0 aromatic heterocycles. The molecule has 1 rings (SSSR count). The topological polar surface area (TPSA) is 58.6 Å². The highest BCUT2D eigenvalue weighted by Gasteiger charge is 2.05. The summed E-state index contributed by atoms with van der Waals surface area (Å²) in [5.74, 6) is 0.574. The third-order valence-corrected chi connectivity index (χ3v) is 1.84. The van der Waals surface area contributed by atoms with Crippen molar-refractivity contribution in [1.82, 2.24) is 0 Å². The van der Waals surface area contributed by atoms with Gasteiger partial charge in [-0.25, -0.2) is 4.21 Å². The molecule has 0 saturated heterocycles. The molecule has 0 fully saturated rings. The van der Waals surface area contributed by atoms with Crippen LogP contribution in [0.2, 0.25) is 0 Å². The Balaban J connectivity index is 2.85. The molecule has 0 aliphatic rings. The Hall–Kier alpha value is -1.07. The van der Waals surface area contributed by atoms with Gasteiger partial charge in [-0.05, 0) is 26.0 Å². The molecule has 14 heavy (non-hydrogen) atoms. The zero-order chi connectivity index (χ0) is 10.6. The van der Waals surface area contributed by atoms with Crippen molar-refractivity contribution >= 4 is 17.0 Å². The van der Waals surface area contributed by atoms with Gasteiger partial charge in [0.25, 0.3) is 11.3 Å². The molecule has 2 N–H and O–H groups in total. The van der Waals surface area contributed by atoms with Crippen molar-refractivity contribution in [2.24, 2.45) is 0 Å². The van der Waals surface area contributed by atoms with E-state index in [4.69, 9.17) is 9.29 Å². The van der Waals surface area contributed by atoms with E-state index in [1.54, 1.807) is 18.2 Å². The van der Waals surface area contributed by atoms with Crippen LogP contribution in [0.4, 0.5) is 5.69 Å². The Labute approximate surface area is 85.7 Å². The lowest BCUT2D eigenvalue weighted by Crippen LogP contribution is -2.09. The van der Waals surface area contributed by atoms with Gasteiger partial charge in [0.1, 0.15) is 5.75 Å². The van der Waals surface area contributed by atoms with Gasteiger partial charge in [0.05, 0.1) is 11.8 Å². The van der Waals surface area contributed by atoms with Crippen molar-refractivity contribution in [3.8, 4) is 5.75 Å². The number of hydrogen-bond donors (Lipinski definition) is 2. The predicted molar refractivity (Wildman–Crippen MR) is 56.6 cm³/mol. The second kappa shape index (κ2) is 4.97. The van der Waals surface area contributed by atoms with E-state index < -0.39 is 11.3 Å². The van der Waals surface area contributed by atoms with Gasteiger partial charge >= 0.3 is 0 Å². The minimum Gasteiger partial charge on any atom is -0.489 e. The Bertz CT molecular complexity index is 328. The molecule has 0 saturated carbocycles. The van der Waals surface area contributed by atoms with Gasteiger partial charge in [0.2, 0.25) is 0 Å². The summed E-state index contributed by atoms with van der Waals surface area (Å²) in [7, 11) is 0. The molecule has 1 aromatic carbocycles. The van der Waals surface area contributed by atoms with Crippen molar-refractivity contribution in [3.63, 3.8) is 0 Å². The Morgan fingerprint density at radius 1 is 1.43 bits per heavy atom. The smallest absolute Gasteiger partial charge is 0.259 e. The fourth-order valence-electron chi connectivity index (χ4n) is 1.00. The lowest BCUT2D eigenvalue weighted by Gasteiger charge is -2.13. The standard InChI is InChI=1S/C9H13NO3S/c1-7(2)13-9-6-4-3-5-8(9)10-14(11)12/h3-7,10H,1-2H3,(H,11,12). The lowest BCUT2D eigenvalue weighted by atomic mass is 10.3. The highest BCUT2D eigenvalue weighted by Crippen LogP contribution is 2.24. The van der Waals surface area contributed by atoms with Crippen LogP contribution in [0.25, 0.3) is 0 Å². The van der Waals surface area contributed by atoms with Crippen LogP contribution in [0.3, 0.4) is 0 Å². The average molecular weight is 215 g/mol. The van der Waals surface area contributed by atoms with E-state index in [0.29, 0.717) is 11.4 Å². The molecule has 0 aliphatic carbocycles. The van der Waals surface area contributed by atoms with E-state index in [0.717, 1.165) is 0 Å². The van der Waals surface area contributed by atoms with Crippen molar-refractivity contribution < 1.29 is 13.5 Å². The maximum Gasteiger partial charge on any atom is 0.259 e. The monoisotopic (exact) mass is 215 g/mol. The van der Waals surface area contributed by atoms with Crippen LogP contribution in [0.15, 0.2) is 24.3 Å². The highest BCUT2D eigenvalue weighted by molar-refractivity contribution is 7.80. The van der Waals surface area contributed by atoms with E-state index in [2.05, 4.69) is 4.72 Å². The Morgan fingerprint density at radius 3 is 2.64 bits per heavy atom. The van der Waals surface area contributed by atoms with E-state index in [-0.39, 0.29) is 6.10 Å². The van der Waals surface area contributed by atoms with Crippen LogP contribution in [0.5, 0.6) is 5.75 Å². The van der Waals surface area contributed by atoms with Gasteiger partial charge in [-0.3, -0.25) is 9.27 Å². The Morgan fingerprint density at radius 2 is 2.07 bits per heavy atom. The van der Waals surface area contributed by atoms with E-state index in [1.165, 1.54) is 0 Å². The molecular weight excluding hydrogens is 202 g/mol. The first kappa shape index (κ1) is 11.0. The maximum absolute atomic E-state index is 10.6. The fraction of sp³-hybridized carbons (Fsp3) is 0.333. The molecule has 0 heterocycles. The third-order valence-electron chi connectivity index (χ3n) is 1.45. The fourth-order valence-corrected chi connectivity index (χ4v) is 1.36. The minimum atomic E-state index is -2.07. The van der Waals surface area contributed by atoms with Crippen molar-refractivity contribution in [2.75, 3.05) is 4.72 Å². The molecule has 78 valence electrons. The van der Waals surface area contributed by atoms with E-state index >= 15 is 0 Å². The molecule has 1 atom stereocenters. The lowest BCUT2D eigenvalue weighted by molar-refractivity contribution is 0.244. The molecule has 0 spiro atoms. The molecule has 1 aromatic rings. The summed E-state index contributed by atoms with van der Waals surface area (Å²) < 4.78 is 27.0. The van der Waals surface area contributed by atoms with Gasteiger partial charge in [-0.1, -0.05) is 12.1 Å². The zero-order valence-electron chi connectivity index (χ0n) is 8.06. The molecule has 0 amide bonds. The molecule has 0 radical (unpaired) electrons. The number of hydrogen-bond acceptors (Lipinski definition) is 2. The largest absolute Gasteiger partial charge is 0.489 e. The third kappa shape index (κ3) is 3.35. The highest BCUT2D eigenvalue weighted by atomic mass is 32.2. The first-order valence-electron chi connectivity index (χ1n) is 4.23. The minimum absolute atomic E-state index is 0.0325. The first-order valence-corrected chi connectivity index (χ1v) is 5.33. The maximum atomic E-state index is 10.6. The molecule has 4 nitrogen and oxygen atoms in total. The Kier molecular flexibility index (Phi) is 3.91. The van der Waals surface area contributed by atoms with E-state index in [9.17, 15) is 4.21 Å². The summed E-state index contributed by atoms with van der Waals surface area (Å²) in [5.41, 5.74) is 0.516. The van der Waals surface area contributed by atoms with Gasteiger partial charge < -0.3 is 4.74 Å². The van der Waals surface area contributed by atoms with Crippen LogP contribution in [0, 0.1) is 0 Å². The van der Waals surface area contributed by atoms with E-state index in [1.807, 2.05) is 19.9 Å². The summed E-state index contributed by atoms with van der Waals surface area (Å²) >= 11 is -2.07. The average Bonchev–Trinajstić information content (AvgIpc) is 2.06. The quantitative estimate of drug-likeness (QED) is 0.755. The number of benzene rings is 1. The summed E-state index contributed by atoms with van der Waals surface area (Å²) in [6, 6.07) is 7.01. The first-order chi connectivity index (χ1) is 6.59. The summed E-state index contributed by atoms with van der Waals surface area (Å²) in [6.45, 7) is 3.79. The van der Waals surface area contributed by atoms with Crippen LogP contribution in [0.1, 0.15) is 13.8 Å². The van der Waals surface area contributed by atoms with Crippen LogP contribution < -0.4 is 9.46 Å². The number of anilines is 1. The normalized spacial score (nSPS) is 12.6. The van der Waals surface area contributed by atoms with Gasteiger partial charge in [0.15, 0.2) is 0 Å².